The number of aliphatic imine (C=N–C) groups is 1. The minimum atomic E-state index is -0.748. The fourth-order valence-corrected chi connectivity index (χ4v) is 3.70. The van der Waals surface area contributed by atoms with Crippen LogP contribution in [0.4, 0.5) is 0 Å². The van der Waals surface area contributed by atoms with Gasteiger partial charge >= 0.3 is 0 Å². The van der Waals surface area contributed by atoms with Crippen molar-refractivity contribution in [3.05, 3.63) is 29.8 Å². The Morgan fingerprint density at radius 3 is 2.37 bits per heavy atom. The van der Waals surface area contributed by atoms with Crippen molar-refractivity contribution < 1.29 is 14.7 Å². The van der Waals surface area contributed by atoms with Crippen molar-refractivity contribution >= 4 is 17.8 Å². The molecule has 1 aliphatic heterocycles. The predicted molar refractivity (Wildman–Crippen MR) is 116 cm³/mol. The number of guanidine groups is 1. The Balaban J connectivity index is 2.09. The van der Waals surface area contributed by atoms with Crippen molar-refractivity contribution in [2.75, 3.05) is 26.2 Å². The Morgan fingerprint density at radius 2 is 1.77 bits per heavy atom. The lowest BCUT2D eigenvalue weighted by Gasteiger charge is -2.32. The number of benzene rings is 1. The molecule has 30 heavy (non-hydrogen) atoms. The van der Waals surface area contributed by atoms with Crippen LogP contribution in [0.15, 0.2) is 29.3 Å². The number of hydrogen-bond donors (Lipinski definition) is 4. The van der Waals surface area contributed by atoms with Gasteiger partial charge in [-0.2, -0.15) is 0 Å². The lowest BCUT2D eigenvalue weighted by molar-refractivity contribution is -0.140. The zero-order valence-corrected chi connectivity index (χ0v) is 17.5. The van der Waals surface area contributed by atoms with Gasteiger partial charge in [-0.05, 0) is 56.5 Å². The summed E-state index contributed by atoms with van der Waals surface area (Å²) >= 11 is 0. The molecule has 1 atom stereocenters. The number of likely N-dealkylation sites (tertiary alicyclic amines) is 1. The molecule has 1 aromatic rings. The summed E-state index contributed by atoms with van der Waals surface area (Å²) in [4.78, 5) is 33.1. The third kappa shape index (κ3) is 7.90. The smallest absolute Gasteiger partial charge is 0.240 e. The molecule has 2 rings (SSSR count). The van der Waals surface area contributed by atoms with Crippen molar-refractivity contribution in [1.29, 1.82) is 0 Å². The van der Waals surface area contributed by atoms with Crippen LogP contribution in [0.3, 0.4) is 0 Å². The van der Waals surface area contributed by atoms with E-state index in [0.29, 0.717) is 32.4 Å². The SMILES string of the molecule is NC(=O)[C@@H](CCCN=C(N)N)N(Cc1ccc(O)cc1)C(=O)CCN1CCCCC1. The third-order valence-corrected chi connectivity index (χ3v) is 5.33. The average Bonchev–Trinajstić information content (AvgIpc) is 2.72. The summed E-state index contributed by atoms with van der Waals surface area (Å²) in [6.45, 7) is 3.28. The normalized spacial score (nSPS) is 15.3. The highest BCUT2D eigenvalue weighted by atomic mass is 16.3. The van der Waals surface area contributed by atoms with Gasteiger partial charge < -0.3 is 32.1 Å². The monoisotopic (exact) mass is 418 g/mol. The van der Waals surface area contributed by atoms with Crippen LogP contribution in [0, 0.1) is 0 Å². The summed E-state index contributed by atoms with van der Waals surface area (Å²) in [6, 6.07) is 5.84. The standard InChI is InChI=1S/C21H34N6O3/c22-20(30)18(5-4-11-25-21(23)24)27(15-16-6-8-17(28)9-7-16)19(29)10-14-26-12-2-1-3-13-26/h6-9,18,28H,1-5,10-15H2,(H2,22,30)(H4,23,24,25)/t18-/m1/s1. The minimum Gasteiger partial charge on any atom is -0.508 e. The third-order valence-electron chi connectivity index (χ3n) is 5.33. The highest BCUT2D eigenvalue weighted by Gasteiger charge is 2.28. The van der Waals surface area contributed by atoms with Crippen LogP contribution in [0.5, 0.6) is 5.75 Å². The molecule has 1 aliphatic rings. The van der Waals surface area contributed by atoms with Crippen LogP contribution in [0.25, 0.3) is 0 Å². The Labute approximate surface area is 177 Å². The molecular formula is C21H34N6O3. The summed E-state index contributed by atoms with van der Waals surface area (Å²) in [5.41, 5.74) is 17.2. The van der Waals surface area contributed by atoms with E-state index in [2.05, 4.69) is 9.89 Å². The number of amides is 2. The summed E-state index contributed by atoms with van der Waals surface area (Å²) in [6.07, 6.45) is 4.77. The molecule has 0 spiro atoms. The second kappa shape index (κ2) is 12.0. The molecule has 0 aliphatic carbocycles. The maximum absolute atomic E-state index is 13.1. The number of carbonyl (C=O) groups is 2. The molecule has 1 heterocycles. The van der Waals surface area contributed by atoms with Crippen LogP contribution < -0.4 is 17.2 Å². The largest absolute Gasteiger partial charge is 0.508 e. The van der Waals surface area contributed by atoms with Gasteiger partial charge in [0.05, 0.1) is 0 Å². The average molecular weight is 419 g/mol. The second-order valence-corrected chi connectivity index (χ2v) is 7.71. The van der Waals surface area contributed by atoms with E-state index in [9.17, 15) is 14.7 Å². The Morgan fingerprint density at radius 1 is 1.10 bits per heavy atom. The Kier molecular flexibility index (Phi) is 9.40. The van der Waals surface area contributed by atoms with E-state index in [1.54, 1.807) is 29.2 Å². The highest BCUT2D eigenvalue weighted by molar-refractivity contribution is 5.86. The highest BCUT2D eigenvalue weighted by Crippen LogP contribution is 2.18. The van der Waals surface area contributed by atoms with Gasteiger partial charge in [0.1, 0.15) is 11.8 Å². The number of piperidine rings is 1. The minimum absolute atomic E-state index is 0.0100. The first-order chi connectivity index (χ1) is 14.4. The van der Waals surface area contributed by atoms with Gasteiger partial charge in [-0.1, -0.05) is 18.6 Å². The maximum Gasteiger partial charge on any atom is 0.240 e. The molecule has 0 radical (unpaired) electrons. The van der Waals surface area contributed by atoms with Crippen molar-refractivity contribution in [1.82, 2.24) is 9.80 Å². The molecule has 1 aromatic carbocycles. The van der Waals surface area contributed by atoms with Gasteiger partial charge in [0.15, 0.2) is 5.96 Å². The molecule has 0 aromatic heterocycles. The number of phenolic OH excluding ortho intramolecular Hbond substituents is 1. The zero-order valence-electron chi connectivity index (χ0n) is 17.5. The van der Waals surface area contributed by atoms with Crippen molar-refractivity contribution in [3.63, 3.8) is 0 Å². The summed E-state index contributed by atoms with van der Waals surface area (Å²) < 4.78 is 0. The molecule has 9 nitrogen and oxygen atoms in total. The molecule has 1 saturated heterocycles. The first-order valence-electron chi connectivity index (χ1n) is 10.5. The van der Waals surface area contributed by atoms with Crippen LogP contribution in [-0.4, -0.2) is 64.9 Å². The van der Waals surface area contributed by atoms with E-state index >= 15 is 0 Å². The van der Waals surface area contributed by atoms with E-state index in [1.807, 2.05) is 0 Å². The van der Waals surface area contributed by atoms with Gasteiger partial charge in [-0.3, -0.25) is 14.6 Å². The van der Waals surface area contributed by atoms with Crippen molar-refractivity contribution in [2.45, 2.75) is 51.1 Å². The topological polar surface area (TPSA) is 151 Å². The van der Waals surface area contributed by atoms with E-state index in [0.717, 1.165) is 31.5 Å². The van der Waals surface area contributed by atoms with Crippen LogP contribution >= 0.6 is 0 Å². The molecule has 0 bridgehead atoms. The fourth-order valence-electron chi connectivity index (χ4n) is 3.70. The fraction of sp³-hybridized carbons (Fsp3) is 0.571. The number of rotatable bonds is 11. The molecule has 0 saturated carbocycles. The quantitative estimate of drug-likeness (QED) is 0.233. The molecule has 166 valence electrons. The van der Waals surface area contributed by atoms with Crippen LogP contribution in [-0.2, 0) is 16.1 Å². The second-order valence-electron chi connectivity index (χ2n) is 7.71. The van der Waals surface area contributed by atoms with E-state index in [1.165, 1.54) is 6.42 Å². The van der Waals surface area contributed by atoms with Gasteiger partial charge in [0.2, 0.25) is 11.8 Å². The summed E-state index contributed by atoms with van der Waals surface area (Å²) in [5.74, 6) is -0.529. The molecule has 1 fully saturated rings. The Bertz CT molecular complexity index is 712. The molecule has 7 N–H and O–H groups in total. The van der Waals surface area contributed by atoms with E-state index in [-0.39, 0.29) is 24.2 Å². The van der Waals surface area contributed by atoms with Crippen LogP contribution in [0.1, 0.15) is 44.1 Å². The van der Waals surface area contributed by atoms with Gasteiger partial charge in [-0.15, -0.1) is 0 Å². The summed E-state index contributed by atoms with van der Waals surface area (Å²) in [7, 11) is 0. The molecular weight excluding hydrogens is 384 g/mol. The molecule has 9 heteroatoms. The lowest BCUT2D eigenvalue weighted by Crippen LogP contribution is -2.48. The number of hydrogen-bond acceptors (Lipinski definition) is 5. The van der Waals surface area contributed by atoms with Gasteiger partial charge in [-0.25, -0.2) is 0 Å². The number of nitrogens with zero attached hydrogens (tertiary/aromatic N) is 3. The van der Waals surface area contributed by atoms with E-state index < -0.39 is 11.9 Å². The first kappa shape index (κ1) is 23.5. The lowest BCUT2D eigenvalue weighted by atomic mass is 10.1. The number of carbonyl (C=O) groups excluding carboxylic acids is 2. The summed E-state index contributed by atoms with van der Waals surface area (Å²) in [5, 5.41) is 9.52. The zero-order chi connectivity index (χ0) is 21.9. The number of nitrogens with two attached hydrogens (primary N) is 3. The van der Waals surface area contributed by atoms with Gasteiger partial charge in [0.25, 0.3) is 0 Å². The van der Waals surface area contributed by atoms with Crippen molar-refractivity contribution in [2.24, 2.45) is 22.2 Å². The Hall–Kier alpha value is -2.81. The number of aromatic hydroxyl groups is 1. The first-order valence-corrected chi connectivity index (χ1v) is 10.5. The van der Waals surface area contributed by atoms with Gasteiger partial charge in [0, 0.05) is 26.1 Å². The van der Waals surface area contributed by atoms with Crippen molar-refractivity contribution in [3.8, 4) is 5.75 Å². The molecule has 2 amide bonds. The van der Waals surface area contributed by atoms with E-state index in [4.69, 9.17) is 17.2 Å². The number of phenols is 1. The maximum atomic E-state index is 13.1. The number of primary amides is 1. The van der Waals surface area contributed by atoms with Crippen LogP contribution in [0.2, 0.25) is 0 Å². The molecule has 0 unspecified atom stereocenters. The predicted octanol–water partition coefficient (Wildman–Crippen LogP) is 0.504.